The molecule has 0 aliphatic rings. The van der Waals surface area contributed by atoms with Crippen molar-refractivity contribution in [1.29, 1.82) is 0 Å². The quantitative estimate of drug-likeness (QED) is 0.742. The second-order valence-corrected chi connectivity index (χ2v) is 5.48. The molecular formula is C12H11BCl2S. The van der Waals surface area contributed by atoms with Crippen molar-refractivity contribution >= 4 is 45.3 Å². The lowest BCUT2D eigenvalue weighted by Gasteiger charge is -2.03. The van der Waals surface area contributed by atoms with Crippen LogP contribution in [0, 0.1) is 0 Å². The molecule has 0 aliphatic heterocycles. The van der Waals surface area contributed by atoms with Crippen LogP contribution in [0.4, 0.5) is 0 Å². The highest BCUT2D eigenvalue weighted by Gasteiger charge is 2.15. The lowest BCUT2D eigenvalue weighted by Crippen LogP contribution is -2.20. The van der Waals surface area contributed by atoms with E-state index >= 15 is 0 Å². The molecule has 0 amide bonds. The Morgan fingerprint density at radius 1 is 1.00 bits per heavy atom. The van der Waals surface area contributed by atoms with Gasteiger partial charge in [-0.25, -0.2) is 0 Å². The molecule has 0 unspecified atom stereocenters. The van der Waals surface area contributed by atoms with E-state index in [1.54, 1.807) is 11.3 Å². The number of hydrogen-bond acceptors (Lipinski definition) is 1. The molecule has 2 rings (SSSR count). The first-order valence-corrected chi connectivity index (χ1v) is 6.96. The molecule has 0 bridgehead atoms. The maximum absolute atomic E-state index is 5.90. The van der Waals surface area contributed by atoms with Crippen molar-refractivity contribution in [3.05, 3.63) is 52.2 Å². The fourth-order valence-corrected chi connectivity index (χ4v) is 3.13. The molecule has 0 N–H and O–H groups in total. The molecule has 0 atom stereocenters. The fourth-order valence-electron chi connectivity index (χ4n) is 1.65. The van der Waals surface area contributed by atoms with Gasteiger partial charge in [0.2, 0.25) is 0 Å². The van der Waals surface area contributed by atoms with Gasteiger partial charge in [0.05, 0.1) is 0 Å². The molecule has 0 aliphatic carbocycles. The lowest BCUT2D eigenvalue weighted by molar-refractivity contribution is 0.971. The Balaban J connectivity index is 2.02. The molecule has 0 spiro atoms. The van der Waals surface area contributed by atoms with Crippen LogP contribution in [0.5, 0.6) is 0 Å². The van der Waals surface area contributed by atoms with E-state index < -0.39 is 5.54 Å². The molecule has 4 heteroatoms. The number of aryl methyl sites for hydroxylation is 2. The first kappa shape index (κ1) is 12.0. The summed E-state index contributed by atoms with van der Waals surface area (Å²) in [5.74, 6) is 0. The number of benzene rings is 1. The molecule has 0 saturated heterocycles. The lowest BCUT2D eigenvalue weighted by atomic mass is 9.89. The third-order valence-electron chi connectivity index (χ3n) is 2.54. The van der Waals surface area contributed by atoms with E-state index in [2.05, 4.69) is 29.6 Å². The summed E-state index contributed by atoms with van der Waals surface area (Å²) in [4.78, 5) is 0. The highest BCUT2D eigenvalue weighted by molar-refractivity contribution is 7.40. The van der Waals surface area contributed by atoms with Gasteiger partial charge in [-0.15, -0.1) is 0 Å². The summed E-state index contributed by atoms with van der Waals surface area (Å²) in [6, 6.07) is 10.5. The minimum atomic E-state index is -0.406. The largest absolute Gasteiger partial charge is 0.383 e. The second-order valence-electron chi connectivity index (χ2n) is 3.64. The molecular weight excluding hydrogens is 258 g/mol. The number of halogens is 2. The van der Waals surface area contributed by atoms with Gasteiger partial charge in [0.1, 0.15) is 0 Å². The minimum Gasteiger partial charge on any atom is -0.164 e. The van der Waals surface area contributed by atoms with E-state index in [1.165, 1.54) is 11.1 Å². The van der Waals surface area contributed by atoms with Gasteiger partial charge in [0, 0.05) is 0 Å². The molecule has 0 fully saturated rings. The van der Waals surface area contributed by atoms with Crippen molar-refractivity contribution in [2.24, 2.45) is 0 Å². The van der Waals surface area contributed by atoms with Crippen LogP contribution in [0.1, 0.15) is 11.1 Å². The van der Waals surface area contributed by atoms with Crippen molar-refractivity contribution in [2.75, 3.05) is 0 Å². The number of thiophene rings is 1. The summed E-state index contributed by atoms with van der Waals surface area (Å²) in [5.41, 5.74) is 3.27. The Morgan fingerprint density at radius 3 is 2.44 bits per heavy atom. The zero-order valence-electron chi connectivity index (χ0n) is 8.70. The topological polar surface area (TPSA) is 0 Å². The van der Waals surface area contributed by atoms with Crippen LogP contribution in [-0.4, -0.2) is 5.54 Å². The predicted octanol–water partition coefficient (Wildman–Crippen LogP) is 3.71. The zero-order chi connectivity index (χ0) is 11.4. The maximum Gasteiger partial charge on any atom is 0.383 e. The molecule has 1 aromatic carbocycles. The van der Waals surface area contributed by atoms with E-state index in [-0.39, 0.29) is 0 Å². The van der Waals surface area contributed by atoms with Crippen LogP contribution in [0.2, 0.25) is 0 Å². The van der Waals surface area contributed by atoms with Crippen LogP contribution in [0.15, 0.2) is 41.1 Å². The average molecular weight is 269 g/mol. The number of rotatable bonds is 4. The van der Waals surface area contributed by atoms with Crippen molar-refractivity contribution in [2.45, 2.75) is 12.8 Å². The van der Waals surface area contributed by atoms with E-state index in [9.17, 15) is 0 Å². The van der Waals surface area contributed by atoms with Crippen molar-refractivity contribution in [3.8, 4) is 0 Å². The van der Waals surface area contributed by atoms with Gasteiger partial charge in [-0.2, -0.15) is 34.3 Å². The van der Waals surface area contributed by atoms with Gasteiger partial charge >= 0.3 is 5.54 Å². The van der Waals surface area contributed by atoms with Gasteiger partial charge in [-0.05, 0) is 40.2 Å². The van der Waals surface area contributed by atoms with Gasteiger partial charge in [-0.3, -0.25) is 0 Å². The first-order chi connectivity index (χ1) is 7.77. The summed E-state index contributed by atoms with van der Waals surface area (Å²) in [7, 11) is 0. The van der Waals surface area contributed by atoms with Crippen molar-refractivity contribution in [1.82, 2.24) is 0 Å². The molecule has 0 saturated carbocycles. The van der Waals surface area contributed by atoms with Gasteiger partial charge in [0.25, 0.3) is 0 Å². The Hall–Kier alpha value is -0.435. The van der Waals surface area contributed by atoms with E-state index in [4.69, 9.17) is 22.9 Å². The van der Waals surface area contributed by atoms with Crippen molar-refractivity contribution in [3.63, 3.8) is 0 Å². The SMILES string of the molecule is ClB(Cl)c1cscc1CCc1ccccc1. The average Bonchev–Trinajstić information content (AvgIpc) is 2.76. The summed E-state index contributed by atoms with van der Waals surface area (Å²) >= 11 is 13.5. The van der Waals surface area contributed by atoms with Crippen LogP contribution in [0.25, 0.3) is 0 Å². The van der Waals surface area contributed by atoms with Crippen LogP contribution >= 0.6 is 34.3 Å². The monoisotopic (exact) mass is 268 g/mol. The summed E-state index contributed by atoms with van der Waals surface area (Å²) in [6.45, 7) is 0. The second kappa shape index (κ2) is 5.76. The van der Waals surface area contributed by atoms with Crippen LogP contribution in [-0.2, 0) is 12.8 Å². The summed E-state index contributed by atoms with van der Waals surface area (Å²) < 4.78 is 0. The highest BCUT2D eigenvalue weighted by atomic mass is 35.5. The molecule has 0 nitrogen and oxygen atoms in total. The Bertz CT molecular complexity index is 439. The maximum atomic E-state index is 5.90. The van der Waals surface area contributed by atoms with E-state index in [1.807, 2.05) is 11.4 Å². The Kier molecular flexibility index (Phi) is 4.33. The summed E-state index contributed by atoms with van der Waals surface area (Å²) in [6.07, 6.45) is 2.03. The number of hydrogen-bond donors (Lipinski definition) is 0. The standard InChI is InChI=1S/C12H11BCl2S/c14-13(15)12-9-16-8-11(12)7-6-10-4-2-1-3-5-10/h1-5,8-9H,6-7H2. The molecule has 82 valence electrons. The van der Waals surface area contributed by atoms with Gasteiger partial charge in [0.15, 0.2) is 0 Å². The molecule has 0 radical (unpaired) electrons. The minimum absolute atomic E-state index is 0.406. The van der Waals surface area contributed by atoms with E-state index in [0.29, 0.717) is 0 Å². The summed E-state index contributed by atoms with van der Waals surface area (Å²) in [5, 5.41) is 4.17. The highest BCUT2D eigenvalue weighted by Crippen LogP contribution is 2.12. The predicted molar refractivity (Wildman–Crippen MR) is 75.3 cm³/mol. The fraction of sp³-hybridized carbons (Fsp3) is 0.167. The molecule has 1 heterocycles. The van der Waals surface area contributed by atoms with Gasteiger partial charge < -0.3 is 0 Å². The Labute approximate surface area is 110 Å². The first-order valence-electron chi connectivity index (χ1n) is 5.14. The normalized spacial score (nSPS) is 10.4. The third kappa shape index (κ3) is 3.03. The molecule has 2 aromatic rings. The van der Waals surface area contributed by atoms with Crippen molar-refractivity contribution < 1.29 is 0 Å². The molecule has 16 heavy (non-hydrogen) atoms. The smallest absolute Gasteiger partial charge is 0.164 e. The van der Waals surface area contributed by atoms with Crippen LogP contribution in [0.3, 0.4) is 0 Å². The van der Waals surface area contributed by atoms with Crippen LogP contribution < -0.4 is 5.46 Å². The third-order valence-corrected chi connectivity index (χ3v) is 3.82. The van der Waals surface area contributed by atoms with E-state index in [0.717, 1.165) is 18.3 Å². The Morgan fingerprint density at radius 2 is 1.75 bits per heavy atom. The zero-order valence-corrected chi connectivity index (χ0v) is 11.0. The van der Waals surface area contributed by atoms with Gasteiger partial charge in [-0.1, -0.05) is 30.3 Å². The molecule has 1 aromatic heterocycles.